The molecule has 6 heteroatoms. The van der Waals surface area contributed by atoms with Gasteiger partial charge in [-0.3, -0.25) is 4.79 Å². The van der Waals surface area contributed by atoms with Gasteiger partial charge in [0.25, 0.3) is 0 Å². The van der Waals surface area contributed by atoms with Gasteiger partial charge in [-0.25, -0.2) is 9.97 Å². The van der Waals surface area contributed by atoms with Crippen LogP contribution in [-0.4, -0.2) is 40.0 Å². The van der Waals surface area contributed by atoms with Crippen molar-refractivity contribution in [2.75, 3.05) is 18.8 Å². The summed E-state index contributed by atoms with van der Waals surface area (Å²) in [6.07, 6.45) is 6.12. The van der Waals surface area contributed by atoms with E-state index in [4.69, 9.17) is 10.5 Å². The van der Waals surface area contributed by atoms with Gasteiger partial charge in [0, 0.05) is 0 Å². The molecule has 17 heavy (non-hydrogen) atoms. The highest BCUT2D eigenvalue weighted by Crippen LogP contribution is 2.21. The minimum Gasteiger partial charge on any atom is -0.481 e. The highest BCUT2D eigenvalue weighted by Gasteiger charge is 2.31. The maximum atomic E-state index is 11.4. The number of aromatic nitrogens is 2. The third-order valence-corrected chi connectivity index (χ3v) is 2.47. The Hall–Kier alpha value is -2.11. The van der Waals surface area contributed by atoms with E-state index in [2.05, 4.69) is 9.97 Å². The van der Waals surface area contributed by atoms with E-state index in [0.717, 1.165) is 0 Å². The van der Waals surface area contributed by atoms with Gasteiger partial charge in [0.15, 0.2) is 11.6 Å². The minimum atomic E-state index is -0.0301. The Kier molecular flexibility index (Phi) is 3.22. The average molecular weight is 234 g/mol. The quantitative estimate of drug-likeness (QED) is 0.757. The van der Waals surface area contributed by atoms with Crippen molar-refractivity contribution in [2.24, 2.45) is 0 Å². The molecule has 0 atom stereocenters. The number of nitrogen functional groups attached to an aromatic ring is 1. The number of nitrogens with two attached hydrogens (primary N) is 1. The van der Waals surface area contributed by atoms with Crippen molar-refractivity contribution >= 4 is 11.7 Å². The van der Waals surface area contributed by atoms with Crippen LogP contribution in [0.25, 0.3) is 0 Å². The van der Waals surface area contributed by atoms with Gasteiger partial charge in [0.2, 0.25) is 5.91 Å². The highest BCUT2D eigenvalue weighted by molar-refractivity contribution is 5.88. The Morgan fingerprint density at radius 3 is 3.06 bits per heavy atom. The van der Waals surface area contributed by atoms with E-state index in [9.17, 15) is 4.79 Å². The van der Waals surface area contributed by atoms with Gasteiger partial charge in [-0.15, -0.1) is 0 Å². The molecule has 2 N–H and O–H groups in total. The lowest BCUT2D eigenvalue weighted by molar-refractivity contribution is -0.134. The number of carbonyl (C=O) groups excluding carboxylic acids is 1. The zero-order chi connectivity index (χ0) is 12.3. The fourth-order valence-electron chi connectivity index (χ4n) is 1.54. The Bertz CT molecular complexity index is 441. The first-order valence-corrected chi connectivity index (χ1v) is 5.34. The Balaban J connectivity index is 1.85. The number of anilines is 1. The van der Waals surface area contributed by atoms with Crippen molar-refractivity contribution in [3.8, 4) is 5.75 Å². The Morgan fingerprint density at radius 1 is 1.65 bits per heavy atom. The summed E-state index contributed by atoms with van der Waals surface area (Å²) < 4.78 is 5.57. The monoisotopic (exact) mass is 234 g/mol. The molecule has 0 aromatic carbocycles. The SMILES string of the molecule is CC=CC(=O)N1CC(Oc2cncnc2N)C1. The molecule has 6 nitrogen and oxygen atoms in total. The molecule has 1 aromatic rings. The summed E-state index contributed by atoms with van der Waals surface area (Å²) in [6.45, 7) is 2.95. The molecule has 1 aromatic heterocycles. The predicted octanol–water partition coefficient (Wildman–Crippen LogP) is 0.225. The molecule has 1 saturated heterocycles. The van der Waals surface area contributed by atoms with Crippen LogP contribution in [0.15, 0.2) is 24.7 Å². The fraction of sp³-hybridized carbons (Fsp3) is 0.364. The number of likely N-dealkylation sites (tertiary alicyclic amines) is 1. The number of allylic oxidation sites excluding steroid dienone is 1. The summed E-state index contributed by atoms with van der Waals surface area (Å²) in [5.41, 5.74) is 5.62. The zero-order valence-corrected chi connectivity index (χ0v) is 9.54. The van der Waals surface area contributed by atoms with Crippen LogP contribution < -0.4 is 10.5 Å². The van der Waals surface area contributed by atoms with Crippen LogP contribution in [-0.2, 0) is 4.79 Å². The van der Waals surface area contributed by atoms with Crippen molar-refractivity contribution in [3.05, 3.63) is 24.7 Å². The van der Waals surface area contributed by atoms with E-state index in [1.165, 1.54) is 18.6 Å². The lowest BCUT2D eigenvalue weighted by Gasteiger charge is -2.38. The van der Waals surface area contributed by atoms with E-state index in [1.54, 1.807) is 11.0 Å². The number of nitrogens with zero attached hydrogens (tertiary/aromatic N) is 3. The molecular formula is C11H14N4O2. The van der Waals surface area contributed by atoms with E-state index in [1.807, 2.05) is 6.92 Å². The standard InChI is InChI=1S/C11H14N4O2/c1-2-3-10(16)15-5-8(6-15)17-9-4-13-7-14-11(9)12/h2-4,7-8H,5-6H2,1H3,(H2,12,13,14). The van der Waals surface area contributed by atoms with Gasteiger partial charge in [-0.2, -0.15) is 0 Å². The van der Waals surface area contributed by atoms with Crippen LogP contribution in [0.4, 0.5) is 5.82 Å². The average Bonchev–Trinajstić information content (AvgIpc) is 2.25. The van der Waals surface area contributed by atoms with Crippen LogP contribution in [0.5, 0.6) is 5.75 Å². The summed E-state index contributed by atoms with van der Waals surface area (Å²) >= 11 is 0. The summed E-state index contributed by atoms with van der Waals surface area (Å²) in [5.74, 6) is 0.790. The molecule has 2 rings (SSSR count). The number of ether oxygens (including phenoxy) is 1. The maximum Gasteiger partial charge on any atom is 0.246 e. The summed E-state index contributed by atoms with van der Waals surface area (Å²) in [4.78, 5) is 20.8. The van der Waals surface area contributed by atoms with Crippen LogP contribution in [0, 0.1) is 0 Å². The number of hydrogen-bond acceptors (Lipinski definition) is 5. The van der Waals surface area contributed by atoms with Crippen molar-refractivity contribution in [1.82, 2.24) is 14.9 Å². The second-order valence-corrected chi connectivity index (χ2v) is 3.76. The predicted molar refractivity (Wildman–Crippen MR) is 62.3 cm³/mol. The largest absolute Gasteiger partial charge is 0.481 e. The van der Waals surface area contributed by atoms with E-state index >= 15 is 0 Å². The van der Waals surface area contributed by atoms with Gasteiger partial charge in [-0.05, 0) is 13.0 Å². The van der Waals surface area contributed by atoms with Crippen molar-refractivity contribution < 1.29 is 9.53 Å². The van der Waals surface area contributed by atoms with Gasteiger partial charge in [-0.1, -0.05) is 6.08 Å². The van der Waals surface area contributed by atoms with Gasteiger partial charge >= 0.3 is 0 Å². The molecule has 0 bridgehead atoms. The number of amides is 1. The molecule has 2 heterocycles. The molecular weight excluding hydrogens is 220 g/mol. The zero-order valence-electron chi connectivity index (χ0n) is 9.54. The molecule has 1 amide bonds. The first-order chi connectivity index (χ1) is 8.20. The number of hydrogen-bond donors (Lipinski definition) is 1. The number of rotatable bonds is 3. The van der Waals surface area contributed by atoms with E-state index in [-0.39, 0.29) is 12.0 Å². The summed E-state index contributed by atoms with van der Waals surface area (Å²) in [7, 11) is 0. The van der Waals surface area contributed by atoms with Gasteiger partial charge < -0.3 is 15.4 Å². The van der Waals surface area contributed by atoms with Crippen molar-refractivity contribution in [3.63, 3.8) is 0 Å². The molecule has 0 radical (unpaired) electrons. The Labute approximate surface area is 99.1 Å². The lowest BCUT2D eigenvalue weighted by Crippen LogP contribution is -2.55. The smallest absolute Gasteiger partial charge is 0.246 e. The van der Waals surface area contributed by atoms with Crippen LogP contribution in [0.2, 0.25) is 0 Å². The second-order valence-electron chi connectivity index (χ2n) is 3.76. The molecule has 1 fully saturated rings. The molecule has 0 unspecified atom stereocenters. The minimum absolute atomic E-state index is 0.00429. The maximum absolute atomic E-state index is 11.4. The fourth-order valence-corrected chi connectivity index (χ4v) is 1.54. The van der Waals surface area contributed by atoms with Gasteiger partial charge in [0.05, 0.1) is 19.3 Å². The second kappa shape index (κ2) is 4.82. The van der Waals surface area contributed by atoms with Crippen molar-refractivity contribution in [1.29, 1.82) is 0 Å². The van der Waals surface area contributed by atoms with Crippen LogP contribution >= 0.6 is 0 Å². The van der Waals surface area contributed by atoms with Crippen LogP contribution in [0.3, 0.4) is 0 Å². The summed E-state index contributed by atoms with van der Waals surface area (Å²) in [5, 5.41) is 0. The molecule has 0 saturated carbocycles. The molecule has 1 aliphatic heterocycles. The third-order valence-electron chi connectivity index (χ3n) is 2.47. The summed E-state index contributed by atoms with van der Waals surface area (Å²) in [6, 6.07) is 0. The first-order valence-electron chi connectivity index (χ1n) is 5.34. The van der Waals surface area contributed by atoms with Crippen molar-refractivity contribution in [2.45, 2.75) is 13.0 Å². The molecule has 90 valence electrons. The third kappa shape index (κ3) is 2.52. The van der Waals surface area contributed by atoms with Gasteiger partial charge in [0.1, 0.15) is 12.4 Å². The normalized spacial score (nSPS) is 15.9. The lowest BCUT2D eigenvalue weighted by atomic mass is 10.1. The number of carbonyl (C=O) groups is 1. The molecule has 0 aliphatic carbocycles. The molecule has 0 spiro atoms. The first kappa shape index (κ1) is 11.4. The molecule has 1 aliphatic rings. The Morgan fingerprint density at radius 2 is 2.41 bits per heavy atom. The van der Waals surface area contributed by atoms with Crippen LogP contribution in [0.1, 0.15) is 6.92 Å². The van der Waals surface area contributed by atoms with E-state index < -0.39 is 0 Å². The topological polar surface area (TPSA) is 81.3 Å². The highest BCUT2D eigenvalue weighted by atomic mass is 16.5. The van der Waals surface area contributed by atoms with E-state index in [0.29, 0.717) is 24.7 Å².